The number of nitrogens with one attached hydrogen (secondary N) is 2. The monoisotopic (exact) mass is 653 g/mol. The molecule has 0 radical (unpaired) electrons. The van der Waals surface area contributed by atoms with Crippen molar-refractivity contribution in [3.8, 4) is 28.0 Å². The van der Waals surface area contributed by atoms with Crippen LogP contribution in [-0.2, 0) is 4.74 Å². The van der Waals surface area contributed by atoms with Crippen molar-refractivity contribution in [3.05, 3.63) is 42.2 Å². The van der Waals surface area contributed by atoms with Gasteiger partial charge in [-0.15, -0.1) is 10.2 Å². The molecule has 4 aliphatic rings. The zero-order chi connectivity index (χ0) is 32.1. The van der Waals surface area contributed by atoms with Gasteiger partial charge in [-0.05, 0) is 62.8 Å². The molecule has 0 spiro atoms. The van der Waals surface area contributed by atoms with Crippen LogP contribution in [0.5, 0.6) is 0 Å². The number of pyridine rings is 1. The number of amides is 2. The van der Waals surface area contributed by atoms with E-state index >= 15 is 0 Å². The Bertz CT molecular complexity index is 1810. The number of fused-ring (bicyclic) bond motifs is 3. The van der Waals surface area contributed by atoms with Crippen molar-refractivity contribution in [2.45, 2.75) is 44.8 Å². The van der Waals surface area contributed by atoms with Crippen LogP contribution >= 0.6 is 11.3 Å². The van der Waals surface area contributed by atoms with Gasteiger partial charge in [-0.1, -0.05) is 11.3 Å². The Morgan fingerprint density at radius 3 is 2.55 bits per heavy atom. The van der Waals surface area contributed by atoms with Gasteiger partial charge in [-0.25, -0.2) is 9.31 Å². The fourth-order valence-electron chi connectivity index (χ4n) is 7.48. The highest BCUT2D eigenvalue weighted by atomic mass is 32.1. The maximum Gasteiger partial charge on any atom is 0.317 e. The second-order valence-electron chi connectivity index (χ2n) is 13.4. The highest BCUT2D eigenvalue weighted by Crippen LogP contribution is 2.41. The number of aromatic nitrogens is 5. The van der Waals surface area contributed by atoms with Crippen LogP contribution in [0.2, 0.25) is 0 Å². The maximum absolute atomic E-state index is 13.3. The fraction of sp³-hybridized carbons (Fsp3) is 0.515. The van der Waals surface area contributed by atoms with Crippen molar-refractivity contribution in [3.63, 3.8) is 0 Å². The fourth-order valence-corrected chi connectivity index (χ4v) is 8.36. The van der Waals surface area contributed by atoms with E-state index in [-0.39, 0.29) is 18.1 Å². The predicted molar refractivity (Wildman–Crippen MR) is 179 cm³/mol. The van der Waals surface area contributed by atoms with Crippen LogP contribution < -0.4 is 15.5 Å². The van der Waals surface area contributed by atoms with Crippen LogP contribution in [0.4, 0.5) is 15.6 Å². The first-order chi connectivity index (χ1) is 22.9. The molecule has 4 fully saturated rings. The normalized spacial score (nSPS) is 23.2. The summed E-state index contributed by atoms with van der Waals surface area (Å²) in [6.07, 6.45) is 5.65. The van der Waals surface area contributed by atoms with Crippen LogP contribution in [0.25, 0.3) is 27.5 Å². The molecule has 7 heterocycles. The van der Waals surface area contributed by atoms with Crippen molar-refractivity contribution in [2.75, 3.05) is 62.7 Å². The van der Waals surface area contributed by atoms with E-state index in [2.05, 4.69) is 55.6 Å². The minimum atomic E-state index is 0.0834. The van der Waals surface area contributed by atoms with Gasteiger partial charge in [0.2, 0.25) is 5.13 Å². The summed E-state index contributed by atoms with van der Waals surface area (Å²) in [6.45, 7) is 11.0. The van der Waals surface area contributed by atoms with Crippen LogP contribution in [-0.4, -0.2) is 111 Å². The molecule has 2 N–H and O–H groups in total. The van der Waals surface area contributed by atoms with Gasteiger partial charge in [0.05, 0.1) is 53.5 Å². The molecule has 1 saturated carbocycles. The van der Waals surface area contributed by atoms with Crippen molar-refractivity contribution >= 4 is 33.7 Å². The van der Waals surface area contributed by atoms with E-state index in [4.69, 9.17) is 9.72 Å². The third kappa shape index (κ3) is 5.77. The van der Waals surface area contributed by atoms with E-state index < -0.39 is 0 Å². The van der Waals surface area contributed by atoms with Gasteiger partial charge < -0.3 is 25.2 Å². The summed E-state index contributed by atoms with van der Waals surface area (Å²) in [5.74, 6) is 0.791. The molecule has 3 aliphatic heterocycles. The number of anilines is 2. The number of rotatable bonds is 7. The first-order valence-corrected chi connectivity index (χ1v) is 17.4. The molecule has 0 aromatic carbocycles. The summed E-state index contributed by atoms with van der Waals surface area (Å²) in [5.41, 5.74) is 4.81. The van der Waals surface area contributed by atoms with Crippen molar-refractivity contribution in [1.29, 1.82) is 5.26 Å². The Kier molecular flexibility index (Phi) is 7.90. The number of ether oxygens (including phenoxy) is 1. The largest absolute Gasteiger partial charge is 0.382 e. The molecule has 2 bridgehead atoms. The molecule has 8 rings (SSSR count). The van der Waals surface area contributed by atoms with Crippen LogP contribution in [0, 0.1) is 23.2 Å². The molecule has 4 aromatic heterocycles. The first-order valence-electron chi connectivity index (χ1n) is 16.5. The van der Waals surface area contributed by atoms with Gasteiger partial charge in [0.15, 0.2) is 5.01 Å². The van der Waals surface area contributed by atoms with Crippen molar-refractivity contribution in [1.82, 2.24) is 39.9 Å². The standard InChI is InChI=1S/C33H39N11O2S/c1-20(2)37-27-12-28(29-6-5-24-11-21(13-34)14-36-44(24)29)35-15-26(27)31-39-40-33(47-31)43-16-22-3-4-23(17-43)30(22)38-32(45)42-9-7-41(8-10-42)25-18-46-19-25/h5-6,11-12,14-15,20,22-23,25,30H,3-4,7-10,16-19H2,1-2H3,(H,35,37)(H,38,45)/t22-,23+,30-. The first kappa shape index (κ1) is 30.0. The summed E-state index contributed by atoms with van der Waals surface area (Å²) < 4.78 is 7.15. The second-order valence-corrected chi connectivity index (χ2v) is 14.4. The maximum atomic E-state index is 13.3. The molecule has 47 heavy (non-hydrogen) atoms. The van der Waals surface area contributed by atoms with E-state index in [1.807, 2.05) is 35.4 Å². The number of hydrogen-bond donors (Lipinski definition) is 2. The summed E-state index contributed by atoms with van der Waals surface area (Å²) >= 11 is 1.59. The molecule has 14 heteroatoms. The summed E-state index contributed by atoms with van der Waals surface area (Å²) in [4.78, 5) is 24.9. The highest BCUT2D eigenvalue weighted by Gasteiger charge is 2.44. The number of carbonyl (C=O) groups excluding carboxylic acids is 1. The third-order valence-electron chi connectivity index (χ3n) is 10.0. The minimum Gasteiger partial charge on any atom is -0.382 e. The summed E-state index contributed by atoms with van der Waals surface area (Å²) in [6, 6.07) is 10.9. The number of urea groups is 1. The molecule has 4 aromatic rings. The Hall–Kier alpha value is -4.32. The Morgan fingerprint density at radius 2 is 1.85 bits per heavy atom. The lowest BCUT2D eigenvalue weighted by atomic mass is 9.92. The Morgan fingerprint density at radius 1 is 1.06 bits per heavy atom. The predicted octanol–water partition coefficient (Wildman–Crippen LogP) is 3.55. The van der Waals surface area contributed by atoms with Crippen LogP contribution in [0.15, 0.2) is 36.7 Å². The van der Waals surface area contributed by atoms with Gasteiger partial charge in [0.1, 0.15) is 6.07 Å². The lowest BCUT2D eigenvalue weighted by Gasteiger charge is -2.43. The number of nitriles is 1. The van der Waals surface area contributed by atoms with E-state index in [0.29, 0.717) is 23.4 Å². The van der Waals surface area contributed by atoms with Gasteiger partial charge >= 0.3 is 6.03 Å². The van der Waals surface area contributed by atoms with E-state index in [1.165, 1.54) is 0 Å². The summed E-state index contributed by atoms with van der Waals surface area (Å²) in [7, 11) is 0. The highest BCUT2D eigenvalue weighted by molar-refractivity contribution is 7.18. The van der Waals surface area contributed by atoms with Crippen molar-refractivity contribution in [2.24, 2.45) is 11.8 Å². The quantitative estimate of drug-likeness (QED) is 0.304. The lowest BCUT2D eigenvalue weighted by Crippen LogP contribution is -2.60. The van der Waals surface area contributed by atoms with E-state index in [0.717, 1.165) is 104 Å². The van der Waals surface area contributed by atoms with Gasteiger partial charge in [-0.3, -0.25) is 9.88 Å². The second kappa shape index (κ2) is 12.4. The number of carbonyl (C=O) groups is 1. The number of piperazine rings is 1. The molecular weight excluding hydrogens is 615 g/mol. The van der Waals surface area contributed by atoms with Gasteiger partial charge in [0, 0.05) is 63.2 Å². The SMILES string of the molecule is CC(C)Nc1cc(-c2ccc3cc(C#N)cnn23)ncc1-c1nnc(N2C[C@H]3CC[C@@H](C2)[C@@H]3NC(=O)N2CCN(C3COC3)CC2)s1. The molecule has 0 unspecified atom stereocenters. The number of hydrogen-bond acceptors (Lipinski definition) is 11. The number of nitrogens with zero attached hydrogens (tertiary/aromatic N) is 9. The molecule has 244 valence electrons. The molecule has 3 atom stereocenters. The molecule has 1 aliphatic carbocycles. The average Bonchev–Trinajstić information content (AvgIpc) is 3.76. The smallest absolute Gasteiger partial charge is 0.317 e. The Labute approximate surface area is 277 Å². The van der Waals surface area contributed by atoms with Gasteiger partial charge in [-0.2, -0.15) is 10.4 Å². The lowest BCUT2D eigenvalue weighted by molar-refractivity contribution is -0.0740. The molecule has 13 nitrogen and oxygen atoms in total. The van der Waals surface area contributed by atoms with Crippen LogP contribution in [0.1, 0.15) is 32.3 Å². The molecule has 2 amide bonds. The zero-order valence-electron chi connectivity index (χ0n) is 26.7. The van der Waals surface area contributed by atoms with Crippen LogP contribution in [0.3, 0.4) is 0 Å². The third-order valence-corrected chi connectivity index (χ3v) is 11.0. The molecular formula is C33H39N11O2S. The average molecular weight is 654 g/mol. The van der Waals surface area contributed by atoms with Crippen molar-refractivity contribution < 1.29 is 9.53 Å². The molecule has 3 saturated heterocycles. The van der Waals surface area contributed by atoms with E-state index in [1.54, 1.807) is 22.0 Å². The van der Waals surface area contributed by atoms with Gasteiger partial charge in [0.25, 0.3) is 0 Å². The topological polar surface area (TPSA) is 140 Å². The van der Waals surface area contributed by atoms with E-state index in [9.17, 15) is 10.1 Å². The Balaban J connectivity index is 0.956. The zero-order valence-corrected chi connectivity index (χ0v) is 27.5. The minimum absolute atomic E-state index is 0.0834. The number of piperidine rings is 1. The summed E-state index contributed by atoms with van der Waals surface area (Å²) in [5, 5.41) is 31.7.